The molecule has 0 fully saturated rings. The number of ketones is 1. The van der Waals surface area contributed by atoms with Crippen LogP contribution in [-0.4, -0.2) is 12.4 Å². The summed E-state index contributed by atoms with van der Waals surface area (Å²) in [6.45, 7) is 10.2. The van der Waals surface area contributed by atoms with E-state index in [4.69, 9.17) is 4.74 Å². The molecule has 0 aromatic heterocycles. The molecule has 16 heavy (non-hydrogen) atoms. The molecule has 88 valence electrons. The number of hydrogen-bond donors (Lipinski definition) is 0. The van der Waals surface area contributed by atoms with Crippen LogP contribution in [-0.2, 0) is 10.2 Å². The van der Waals surface area contributed by atoms with Gasteiger partial charge in [-0.05, 0) is 36.5 Å². The predicted octanol–water partition coefficient (Wildman–Crippen LogP) is 3.26. The normalized spacial score (nSPS) is 11.3. The van der Waals surface area contributed by atoms with Gasteiger partial charge in [0.15, 0.2) is 5.78 Å². The summed E-state index contributed by atoms with van der Waals surface area (Å²) < 4.78 is 5.42. The Balaban J connectivity index is 2.88. The average Bonchev–Trinajstić information content (AvgIpc) is 2.14. The second kappa shape index (κ2) is 4.69. The molecule has 0 bridgehead atoms. The molecule has 0 unspecified atom stereocenters. The van der Waals surface area contributed by atoms with Crippen molar-refractivity contribution >= 4 is 5.78 Å². The Morgan fingerprint density at radius 2 is 1.94 bits per heavy atom. The molecule has 1 rings (SSSR count). The van der Waals surface area contributed by atoms with Gasteiger partial charge in [0.05, 0.1) is 0 Å². The van der Waals surface area contributed by atoms with Gasteiger partial charge in [0.2, 0.25) is 0 Å². The van der Waals surface area contributed by atoms with E-state index in [1.54, 1.807) is 0 Å². The fraction of sp³-hybridized carbons (Fsp3) is 0.500. The van der Waals surface area contributed by atoms with Crippen LogP contribution in [0.15, 0.2) is 18.2 Å². The van der Waals surface area contributed by atoms with Crippen molar-refractivity contribution in [2.75, 3.05) is 6.61 Å². The first-order chi connectivity index (χ1) is 7.30. The van der Waals surface area contributed by atoms with Gasteiger partial charge in [0.25, 0.3) is 0 Å². The lowest BCUT2D eigenvalue weighted by Crippen LogP contribution is -2.12. The second-order valence-corrected chi connectivity index (χ2v) is 5.22. The van der Waals surface area contributed by atoms with Crippen molar-refractivity contribution in [3.8, 4) is 5.75 Å². The van der Waals surface area contributed by atoms with Crippen molar-refractivity contribution < 1.29 is 9.53 Å². The van der Waals surface area contributed by atoms with E-state index in [0.29, 0.717) is 0 Å². The molecule has 0 saturated heterocycles. The smallest absolute Gasteiger partial charge is 0.167 e. The summed E-state index contributed by atoms with van der Waals surface area (Å²) in [7, 11) is 0. The third kappa shape index (κ3) is 3.37. The molecular weight excluding hydrogens is 200 g/mol. The minimum atomic E-state index is 0.0410. The molecule has 0 N–H and O–H groups in total. The van der Waals surface area contributed by atoms with Gasteiger partial charge in [-0.15, -0.1) is 0 Å². The maximum atomic E-state index is 10.8. The average molecular weight is 220 g/mol. The summed E-state index contributed by atoms with van der Waals surface area (Å²) in [5.41, 5.74) is 2.50. The molecule has 0 amide bonds. The maximum absolute atomic E-state index is 10.8. The number of rotatable bonds is 3. The first kappa shape index (κ1) is 12.8. The van der Waals surface area contributed by atoms with Crippen LogP contribution in [0.1, 0.15) is 38.8 Å². The molecule has 1 aromatic rings. The van der Waals surface area contributed by atoms with Gasteiger partial charge < -0.3 is 4.74 Å². The molecule has 0 atom stereocenters. The van der Waals surface area contributed by atoms with Crippen molar-refractivity contribution in [1.82, 2.24) is 0 Å². The molecular formula is C14H20O2. The summed E-state index contributed by atoms with van der Waals surface area (Å²) in [4.78, 5) is 10.8. The zero-order valence-corrected chi connectivity index (χ0v) is 10.8. The number of carbonyl (C=O) groups is 1. The highest BCUT2D eigenvalue weighted by atomic mass is 16.5. The van der Waals surface area contributed by atoms with Crippen LogP contribution in [0.2, 0.25) is 0 Å². The molecule has 0 spiro atoms. The van der Waals surface area contributed by atoms with Gasteiger partial charge in [-0.3, -0.25) is 4.79 Å². The molecule has 0 heterocycles. The van der Waals surface area contributed by atoms with Gasteiger partial charge in [0.1, 0.15) is 12.4 Å². The Bertz CT molecular complexity index is 386. The second-order valence-electron chi connectivity index (χ2n) is 5.22. The van der Waals surface area contributed by atoms with Crippen LogP contribution in [0.25, 0.3) is 0 Å². The Morgan fingerprint density at radius 1 is 1.31 bits per heavy atom. The van der Waals surface area contributed by atoms with E-state index in [9.17, 15) is 4.79 Å². The van der Waals surface area contributed by atoms with Gasteiger partial charge in [0, 0.05) is 0 Å². The lowest BCUT2D eigenvalue weighted by Gasteiger charge is -2.20. The monoisotopic (exact) mass is 220 g/mol. The Labute approximate surface area is 97.6 Å². The molecule has 2 heteroatoms. The van der Waals surface area contributed by atoms with E-state index in [1.807, 2.05) is 13.0 Å². The number of hydrogen-bond acceptors (Lipinski definition) is 2. The van der Waals surface area contributed by atoms with E-state index in [-0.39, 0.29) is 17.8 Å². The predicted molar refractivity (Wildman–Crippen MR) is 66.1 cm³/mol. The van der Waals surface area contributed by atoms with Crippen LogP contribution in [0.4, 0.5) is 0 Å². The quantitative estimate of drug-likeness (QED) is 0.781. The Morgan fingerprint density at radius 3 is 2.38 bits per heavy atom. The number of benzene rings is 1. The van der Waals surface area contributed by atoms with E-state index in [0.717, 1.165) is 11.3 Å². The van der Waals surface area contributed by atoms with Crippen molar-refractivity contribution in [3.63, 3.8) is 0 Å². The summed E-state index contributed by atoms with van der Waals surface area (Å²) in [6, 6.07) is 6.12. The third-order valence-corrected chi connectivity index (χ3v) is 2.47. The molecule has 0 aliphatic carbocycles. The number of ether oxygens (including phenoxy) is 1. The van der Waals surface area contributed by atoms with Crippen LogP contribution in [0, 0.1) is 6.92 Å². The summed E-state index contributed by atoms with van der Waals surface area (Å²) in [5, 5.41) is 0. The topological polar surface area (TPSA) is 26.3 Å². The number of Topliss-reactive ketones (excluding diaryl/α,β-unsaturated/α-hetero) is 1. The zero-order chi connectivity index (χ0) is 12.3. The lowest BCUT2D eigenvalue weighted by atomic mass is 9.86. The Hall–Kier alpha value is -1.31. The van der Waals surface area contributed by atoms with E-state index in [1.165, 1.54) is 12.5 Å². The number of carbonyl (C=O) groups excluding carboxylic acids is 1. The van der Waals surface area contributed by atoms with Crippen molar-refractivity contribution in [1.29, 1.82) is 0 Å². The fourth-order valence-corrected chi connectivity index (χ4v) is 1.46. The summed E-state index contributed by atoms with van der Waals surface area (Å²) in [6.07, 6.45) is 0. The standard InChI is InChI=1S/C14H20O2/c1-10-8-12(14(3,4)5)6-7-13(10)16-9-11(2)15/h6-8H,9H2,1-5H3. The molecule has 2 nitrogen and oxygen atoms in total. The van der Waals surface area contributed by atoms with Gasteiger partial charge in [-0.25, -0.2) is 0 Å². The first-order valence-electron chi connectivity index (χ1n) is 5.54. The van der Waals surface area contributed by atoms with Crippen molar-refractivity contribution in [2.45, 2.75) is 40.0 Å². The van der Waals surface area contributed by atoms with Crippen LogP contribution < -0.4 is 4.74 Å². The van der Waals surface area contributed by atoms with Crippen LogP contribution in [0.5, 0.6) is 5.75 Å². The first-order valence-corrected chi connectivity index (χ1v) is 5.54. The molecule has 0 aliphatic rings. The molecule has 0 aliphatic heterocycles. The highest BCUT2D eigenvalue weighted by Gasteiger charge is 2.14. The largest absolute Gasteiger partial charge is 0.486 e. The van der Waals surface area contributed by atoms with E-state index < -0.39 is 0 Å². The summed E-state index contributed by atoms with van der Waals surface area (Å²) in [5.74, 6) is 0.836. The van der Waals surface area contributed by atoms with E-state index >= 15 is 0 Å². The lowest BCUT2D eigenvalue weighted by molar-refractivity contribution is -0.118. The fourth-order valence-electron chi connectivity index (χ4n) is 1.46. The van der Waals surface area contributed by atoms with E-state index in [2.05, 4.69) is 32.9 Å². The zero-order valence-electron chi connectivity index (χ0n) is 10.8. The molecule has 1 aromatic carbocycles. The molecule has 0 saturated carbocycles. The number of aryl methyl sites for hydroxylation is 1. The third-order valence-electron chi connectivity index (χ3n) is 2.47. The van der Waals surface area contributed by atoms with Crippen molar-refractivity contribution in [3.05, 3.63) is 29.3 Å². The Kier molecular flexibility index (Phi) is 3.74. The molecule has 0 radical (unpaired) electrons. The maximum Gasteiger partial charge on any atom is 0.167 e. The SMILES string of the molecule is CC(=O)COc1ccc(C(C)(C)C)cc1C. The van der Waals surface area contributed by atoms with Crippen LogP contribution in [0.3, 0.4) is 0 Å². The van der Waals surface area contributed by atoms with Crippen LogP contribution >= 0.6 is 0 Å². The van der Waals surface area contributed by atoms with Gasteiger partial charge in [-0.1, -0.05) is 32.9 Å². The highest BCUT2D eigenvalue weighted by molar-refractivity contribution is 5.77. The van der Waals surface area contributed by atoms with Crippen molar-refractivity contribution in [2.24, 2.45) is 0 Å². The minimum absolute atomic E-state index is 0.0410. The van der Waals surface area contributed by atoms with Gasteiger partial charge >= 0.3 is 0 Å². The summed E-state index contributed by atoms with van der Waals surface area (Å²) >= 11 is 0. The highest BCUT2D eigenvalue weighted by Crippen LogP contribution is 2.27. The minimum Gasteiger partial charge on any atom is -0.486 e. The van der Waals surface area contributed by atoms with Gasteiger partial charge in [-0.2, -0.15) is 0 Å².